The van der Waals surface area contributed by atoms with Gasteiger partial charge in [-0.25, -0.2) is 9.18 Å². The first-order valence-corrected chi connectivity index (χ1v) is 10.5. The molecule has 0 aliphatic carbocycles. The van der Waals surface area contributed by atoms with Gasteiger partial charge in [0, 0.05) is 35.0 Å². The lowest BCUT2D eigenvalue weighted by atomic mass is 9.71. The summed E-state index contributed by atoms with van der Waals surface area (Å²) >= 11 is 0. The van der Waals surface area contributed by atoms with Crippen molar-refractivity contribution in [1.29, 1.82) is 10.5 Å². The molecule has 0 saturated carbocycles. The van der Waals surface area contributed by atoms with Crippen LogP contribution in [0.15, 0.2) is 22.5 Å². The van der Waals surface area contributed by atoms with Crippen molar-refractivity contribution in [3.05, 3.63) is 45.0 Å². The zero-order valence-corrected chi connectivity index (χ0v) is 19.8. The van der Waals surface area contributed by atoms with E-state index < -0.39 is 23.2 Å². The lowest BCUT2D eigenvalue weighted by Gasteiger charge is -2.36. The zero-order valence-electron chi connectivity index (χ0n) is 19.8. The number of allylic oxidation sites excluding steroid dienone is 4. The quantitative estimate of drug-likeness (QED) is 0.673. The van der Waals surface area contributed by atoms with E-state index in [4.69, 9.17) is 5.73 Å². The molecule has 0 bridgehead atoms. The van der Waals surface area contributed by atoms with E-state index in [0.717, 1.165) is 0 Å². The number of carbonyl (C=O) groups is 1. The predicted molar refractivity (Wildman–Crippen MR) is 123 cm³/mol. The van der Waals surface area contributed by atoms with Crippen molar-refractivity contribution in [2.75, 3.05) is 12.8 Å². The van der Waals surface area contributed by atoms with Crippen LogP contribution in [-0.2, 0) is 11.8 Å². The molecule has 1 aliphatic rings. The van der Waals surface area contributed by atoms with Gasteiger partial charge in [-0.1, -0.05) is 27.7 Å². The smallest absolute Gasteiger partial charge is 0.432 e. The summed E-state index contributed by atoms with van der Waals surface area (Å²) in [4.78, 5) is 13.6. The van der Waals surface area contributed by atoms with Crippen LogP contribution in [0.25, 0.3) is 10.9 Å². The number of nitriles is 2. The van der Waals surface area contributed by atoms with E-state index in [2.05, 4.69) is 17.2 Å². The topological polar surface area (TPSA) is 132 Å². The van der Waals surface area contributed by atoms with E-state index >= 15 is 4.39 Å². The number of aryl methyl sites for hydroxylation is 1. The number of benzene rings is 1. The van der Waals surface area contributed by atoms with E-state index in [1.807, 2.05) is 20.8 Å². The highest BCUT2D eigenvalue weighted by Crippen LogP contribution is 2.49. The SMILES string of the molecule is CCc1c(F)c(C2C(C#N)=C(C)N(C)C(C)=C2C#N)c(C(C)(C)C)c2c(N)nn(C(=O)O)c12. The summed E-state index contributed by atoms with van der Waals surface area (Å²) in [6, 6.07) is 4.37. The van der Waals surface area contributed by atoms with E-state index in [1.54, 1.807) is 32.7 Å². The van der Waals surface area contributed by atoms with Crippen LogP contribution >= 0.6 is 0 Å². The van der Waals surface area contributed by atoms with Gasteiger partial charge in [0.05, 0.1) is 34.7 Å². The Morgan fingerprint density at radius 3 is 2.12 bits per heavy atom. The second-order valence-corrected chi connectivity index (χ2v) is 9.20. The van der Waals surface area contributed by atoms with Gasteiger partial charge in [-0.15, -0.1) is 5.10 Å². The summed E-state index contributed by atoms with van der Waals surface area (Å²) in [5, 5.41) is 34.1. The first-order chi connectivity index (χ1) is 15.3. The summed E-state index contributed by atoms with van der Waals surface area (Å²) < 4.78 is 17.2. The molecule has 2 aromatic rings. The van der Waals surface area contributed by atoms with Crippen molar-refractivity contribution in [2.45, 2.75) is 59.3 Å². The molecule has 1 aromatic heterocycles. The van der Waals surface area contributed by atoms with Crippen LogP contribution in [0.3, 0.4) is 0 Å². The number of rotatable bonds is 2. The molecular formula is C24H27FN6O2. The molecule has 0 atom stereocenters. The number of nitrogen functional groups attached to an aromatic ring is 1. The number of hydrogen-bond acceptors (Lipinski definition) is 6. The molecular weight excluding hydrogens is 423 g/mol. The number of nitrogens with two attached hydrogens (primary N) is 1. The summed E-state index contributed by atoms with van der Waals surface area (Å²) in [5.41, 5.74) is 8.08. The standard InChI is InChI=1S/C24H27FN6O2/c1-8-13-20(25)17(16-14(9-26)11(2)30(7)12(3)15(16)10-27)19(24(4,5)6)18-21(13)31(23(32)33)29-22(18)28/h16H,8H2,1-7H3,(H2,28,29)(H,32,33). The van der Waals surface area contributed by atoms with Crippen LogP contribution in [0, 0.1) is 28.5 Å². The van der Waals surface area contributed by atoms with Crippen LogP contribution in [0.2, 0.25) is 0 Å². The van der Waals surface area contributed by atoms with Crippen LogP contribution in [0.4, 0.5) is 15.0 Å². The van der Waals surface area contributed by atoms with Gasteiger partial charge in [-0.05, 0) is 31.2 Å². The molecule has 1 aliphatic heterocycles. The van der Waals surface area contributed by atoms with Gasteiger partial charge < -0.3 is 15.7 Å². The second kappa shape index (κ2) is 7.93. The monoisotopic (exact) mass is 450 g/mol. The number of hydrogen-bond donors (Lipinski definition) is 2. The molecule has 1 aromatic carbocycles. The third-order valence-corrected chi connectivity index (χ3v) is 6.40. The van der Waals surface area contributed by atoms with Gasteiger partial charge in [0.2, 0.25) is 0 Å². The molecule has 172 valence electrons. The average molecular weight is 451 g/mol. The lowest BCUT2D eigenvalue weighted by molar-refractivity contribution is 0.194. The van der Waals surface area contributed by atoms with Crippen molar-refractivity contribution in [1.82, 2.24) is 14.7 Å². The molecule has 2 heterocycles. The van der Waals surface area contributed by atoms with Gasteiger partial charge in [-0.2, -0.15) is 15.2 Å². The first-order valence-electron chi connectivity index (χ1n) is 10.5. The Kier molecular flexibility index (Phi) is 5.72. The van der Waals surface area contributed by atoms with Crippen molar-refractivity contribution in [2.24, 2.45) is 0 Å². The number of aromatic nitrogens is 2. The number of carboxylic acid groups (broad SMARTS) is 1. The molecule has 3 rings (SSSR count). The molecule has 0 fully saturated rings. The maximum absolute atomic E-state index is 16.4. The fourth-order valence-corrected chi connectivity index (χ4v) is 4.74. The average Bonchev–Trinajstić information content (AvgIpc) is 3.07. The van der Waals surface area contributed by atoms with E-state index in [-0.39, 0.29) is 40.0 Å². The third kappa shape index (κ3) is 3.32. The fourth-order valence-electron chi connectivity index (χ4n) is 4.74. The Morgan fingerprint density at radius 1 is 1.21 bits per heavy atom. The molecule has 9 heteroatoms. The molecule has 0 spiro atoms. The van der Waals surface area contributed by atoms with E-state index in [0.29, 0.717) is 27.0 Å². The highest BCUT2D eigenvalue weighted by atomic mass is 19.1. The fraction of sp³-hybridized carbons (Fsp3) is 0.417. The summed E-state index contributed by atoms with van der Waals surface area (Å²) in [7, 11) is 1.76. The van der Waals surface area contributed by atoms with Crippen molar-refractivity contribution < 1.29 is 14.3 Å². The maximum Gasteiger partial charge on any atom is 0.432 e. The van der Waals surface area contributed by atoms with Gasteiger partial charge in [0.25, 0.3) is 0 Å². The number of nitrogens with zero attached hydrogens (tertiary/aromatic N) is 5. The zero-order chi connectivity index (χ0) is 25.0. The predicted octanol–water partition coefficient (Wildman–Crippen LogP) is 4.77. The number of anilines is 1. The Labute approximate surface area is 192 Å². The molecule has 0 radical (unpaired) electrons. The Bertz CT molecular complexity index is 1310. The van der Waals surface area contributed by atoms with Crippen LogP contribution in [0.1, 0.15) is 64.2 Å². The van der Waals surface area contributed by atoms with Crippen molar-refractivity contribution in [3.8, 4) is 12.1 Å². The summed E-state index contributed by atoms with van der Waals surface area (Å²) in [5.74, 6) is -1.64. The van der Waals surface area contributed by atoms with Crippen molar-refractivity contribution >= 4 is 22.8 Å². The molecule has 33 heavy (non-hydrogen) atoms. The van der Waals surface area contributed by atoms with E-state index in [1.165, 1.54) is 0 Å². The van der Waals surface area contributed by atoms with Crippen LogP contribution in [0.5, 0.6) is 0 Å². The molecule has 8 nitrogen and oxygen atoms in total. The molecule has 0 unspecified atom stereocenters. The number of fused-ring (bicyclic) bond motifs is 1. The second-order valence-electron chi connectivity index (χ2n) is 9.20. The van der Waals surface area contributed by atoms with Crippen LogP contribution < -0.4 is 5.73 Å². The lowest BCUT2D eigenvalue weighted by Crippen LogP contribution is -2.29. The molecule has 0 saturated heterocycles. The maximum atomic E-state index is 16.4. The molecule has 0 amide bonds. The minimum absolute atomic E-state index is 0.0420. The largest absolute Gasteiger partial charge is 0.463 e. The first kappa shape index (κ1) is 23.8. The Balaban J connectivity index is 2.68. The van der Waals surface area contributed by atoms with E-state index in [9.17, 15) is 20.4 Å². The highest BCUT2D eigenvalue weighted by molar-refractivity contribution is 6.00. The Hall–Kier alpha value is -3.85. The Morgan fingerprint density at radius 2 is 1.73 bits per heavy atom. The van der Waals surface area contributed by atoms with Gasteiger partial charge >= 0.3 is 6.09 Å². The van der Waals surface area contributed by atoms with Gasteiger partial charge in [0.15, 0.2) is 5.82 Å². The van der Waals surface area contributed by atoms with Crippen molar-refractivity contribution in [3.63, 3.8) is 0 Å². The minimum Gasteiger partial charge on any atom is -0.463 e. The minimum atomic E-state index is -1.38. The molecule has 3 N–H and O–H groups in total. The normalized spacial score (nSPS) is 15.3. The van der Waals surface area contributed by atoms with Gasteiger partial charge in [0.1, 0.15) is 5.82 Å². The third-order valence-electron chi connectivity index (χ3n) is 6.40. The highest BCUT2D eigenvalue weighted by Gasteiger charge is 2.40. The summed E-state index contributed by atoms with van der Waals surface area (Å²) in [6.45, 7) is 10.8. The summed E-state index contributed by atoms with van der Waals surface area (Å²) in [6.07, 6.45) is -1.21. The van der Waals surface area contributed by atoms with Crippen LogP contribution in [-0.4, -0.2) is 32.9 Å². The number of halogens is 1. The van der Waals surface area contributed by atoms with Gasteiger partial charge in [-0.3, -0.25) is 0 Å².